The van der Waals surface area contributed by atoms with Crippen LogP contribution >= 0.6 is 0 Å². The second kappa shape index (κ2) is 8.96. The van der Waals surface area contributed by atoms with Gasteiger partial charge in [0.1, 0.15) is 9.84 Å². The van der Waals surface area contributed by atoms with Gasteiger partial charge in [0.15, 0.2) is 0 Å². The van der Waals surface area contributed by atoms with E-state index in [1.165, 1.54) is 31.9 Å². The number of nitrogens with one attached hydrogen (secondary N) is 1. The third kappa shape index (κ3) is 10.4. The Hall–Kier alpha value is -0.130. The normalized spacial score (nSPS) is 13.9. The maximum absolute atomic E-state index is 11.0. The molecule has 0 heterocycles. The average molecular weight is 250 g/mol. The molecule has 1 atom stereocenters. The summed E-state index contributed by atoms with van der Waals surface area (Å²) in [6, 6.07) is 0.136. The van der Waals surface area contributed by atoms with E-state index in [2.05, 4.69) is 12.3 Å². The van der Waals surface area contributed by atoms with Crippen molar-refractivity contribution in [2.24, 2.45) is 5.84 Å². The number of nitrogens with two attached hydrogens (primary N) is 1. The molecule has 0 aromatic heterocycles. The van der Waals surface area contributed by atoms with Crippen LogP contribution in [0.15, 0.2) is 0 Å². The van der Waals surface area contributed by atoms with E-state index in [1.807, 2.05) is 0 Å². The number of hydrogen-bond donors (Lipinski definition) is 2. The van der Waals surface area contributed by atoms with Gasteiger partial charge in [-0.3, -0.25) is 11.3 Å². The van der Waals surface area contributed by atoms with Crippen molar-refractivity contribution in [3.8, 4) is 0 Å². The lowest BCUT2D eigenvalue weighted by atomic mass is 10.1. The average Bonchev–Trinajstić information content (AvgIpc) is 2.21. The lowest BCUT2D eigenvalue weighted by Crippen LogP contribution is -2.36. The van der Waals surface area contributed by atoms with E-state index in [0.29, 0.717) is 6.42 Å². The van der Waals surface area contributed by atoms with Crippen LogP contribution in [0.4, 0.5) is 0 Å². The van der Waals surface area contributed by atoms with Gasteiger partial charge in [0.05, 0.1) is 5.75 Å². The van der Waals surface area contributed by atoms with Gasteiger partial charge in [-0.2, -0.15) is 0 Å². The molecule has 0 spiro atoms. The molecule has 0 aliphatic carbocycles. The minimum Gasteiger partial charge on any atom is -0.271 e. The molecule has 0 saturated heterocycles. The summed E-state index contributed by atoms with van der Waals surface area (Å²) < 4.78 is 22.0. The second-order valence-corrected chi connectivity index (χ2v) is 6.74. The zero-order valence-electron chi connectivity index (χ0n) is 10.5. The number of hydrogen-bond acceptors (Lipinski definition) is 4. The van der Waals surface area contributed by atoms with Gasteiger partial charge in [0.2, 0.25) is 0 Å². The summed E-state index contributed by atoms with van der Waals surface area (Å²) in [5, 5.41) is 0. The van der Waals surface area contributed by atoms with Crippen molar-refractivity contribution >= 4 is 9.84 Å². The van der Waals surface area contributed by atoms with Gasteiger partial charge in [-0.05, 0) is 12.8 Å². The fraction of sp³-hybridized carbons (Fsp3) is 1.00. The Balaban J connectivity index is 3.59. The Bertz CT molecular complexity index is 253. The Kier molecular flexibility index (Phi) is 8.89. The fourth-order valence-corrected chi connectivity index (χ4v) is 2.37. The summed E-state index contributed by atoms with van der Waals surface area (Å²) in [7, 11) is -2.86. The maximum atomic E-state index is 11.0. The van der Waals surface area contributed by atoms with Gasteiger partial charge < -0.3 is 0 Å². The van der Waals surface area contributed by atoms with Gasteiger partial charge in [0.25, 0.3) is 0 Å². The molecule has 0 radical (unpaired) electrons. The molecule has 0 aromatic rings. The highest BCUT2D eigenvalue weighted by molar-refractivity contribution is 7.90. The Morgan fingerprint density at radius 2 is 1.75 bits per heavy atom. The first kappa shape index (κ1) is 15.9. The maximum Gasteiger partial charge on any atom is 0.147 e. The van der Waals surface area contributed by atoms with Crippen LogP contribution in [0.5, 0.6) is 0 Å². The number of unbranched alkanes of at least 4 members (excludes halogenated alkanes) is 4. The zero-order valence-corrected chi connectivity index (χ0v) is 11.4. The molecule has 3 N–H and O–H groups in total. The second-order valence-electron chi connectivity index (χ2n) is 4.49. The predicted molar refractivity (Wildman–Crippen MR) is 68.8 cm³/mol. The van der Waals surface area contributed by atoms with Crippen molar-refractivity contribution in [2.75, 3.05) is 12.0 Å². The summed E-state index contributed by atoms with van der Waals surface area (Å²) in [5.74, 6) is 5.62. The summed E-state index contributed by atoms with van der Waals surface area (Å²) in [6.07, 6.45) is 8.97. The van der Waals surface area contributed by atoms with Crippen LogP contribution in [0.2, 0.25) is 0 Å². The number of sulfone groups is 1. The highest BCUT2D eigenvalue weighted by Gasteiger charge is 2.10. The van der Waals surface area contributed by atoms with Gasteiger partial charge in [0, 0.05) is 12.3 Å². The van der Waals surface area contributed by atoms with E-state index >= 15 is 0 Å². The summed E-state index contributed by atoms with van der Waals surface area (Å²) in [6.45, 7) is 2.19. The molecule has 0 bridgehead atoms. The van der Waals surface area contributed by atoms with Crippen LogP contribution in [0.1, 0.15) is 51.9 Å². The topological polar surface area (TPSA) is 72.2 Å². The SMILES string of the molecule is CCCCCCCC(CCS(C)(=O)=O)NN. The molecule has 98 valence electrons. The summed E-state index contributed by atoms with van der Waals surface area (Å²) >= 11 is 0. The molecule has 1 unspecified atom stereocenters. The van der Waals surface area contributed by atoms with Gasteiger partial charge in [-0.25, -0.2) is 8.42 Å². The van der Waals surface area contributed by atoms with E-state index in [0.717, 1.165) is 12.8 Å². The third-order valence-corrected chi connectivity index (χ3v) is 3.71. The van der Waals surface area contributed by atoms with E-state index in [1.54, 1.807) is 0 Å². The lowest BCUT2D eigenvalue weighted by Gasteiger charge is -2.14. The molecule has 0 rings (SSSR count). The number of rotatable bonds is 10. The van der Waals surface area contributed by atoms with E-state index in [9.17, 15) is 8.42 Å². The van der Waals surface area contributed by atoms with Crippen molar-refractivity contribution in [3.05, 3.63) is 0 Å². The molecule has 0 fully saturated rings. The predicted octanol–water partition coefficient (Wildman–Crippen LogP) is 1.61. The van der Waals surface area contributed by atoms with Crippen LogP contribution in [-0.4, -0.2) is 26.5 Å². The lowest BCUT2D eigenvalue weighted by molar-refractivity contribution is 0.451. The molecule has 0 aromatic carbocycles. The van der Waals surface area contributed by atoms with Crippen molar-refractivity contribution in [1.29, 1.82) is 0 Å². The van der Waals surface area contributed by atoms with Crippen LogP contribution < -0.4 is 11.3 Å². The largest absolute Gasteiger partial charge is 0.271 e. The van der Waals surface area contributed by atoms with Crippen LogP contribution in [0.3, 0.4) is 0 Å². The monoisotopic (exact) mass is 250 g/mol. The molecule has 0 saturated carbocycles. The van der Waals surface area contributed by atoms with E-state index in [4.69, 9.17) is 5.84 Å². The Morgan fingerprint density at radius 3 is 2.25 bits per heavy atom. The van der Waals surface area contributed by atoms with Crippen molar-refractivity contribution in [2.45, 2.75) is 57.9 Å². The summed E-state index contributed by atoms with van der Waals surface area (Å²) in [5.41, 5.74) is 2.70. The summed E-state index contributed by atoms with van der Waals surface area (Å²) in [4.78, 5) is 0. The van der Waals surface area contributed by atoms with Gasteiger partial charge >= 0.3 is 0 Å². The highest BCUT2D eigenvalue weighted by atomic mass is 32.2. The quantitative estimate of drug-likeness (QED) is 0.351. The molecule has 0 aliphatic heterocycles. The molecule has 4 nitrogen and oxygen atoms in total. The first-order valence-corrected chi connectivity index (χ1v) is 8.19. The van der Waals surface area contributed by atoms with Crippen molar-refractivity contribution < 1.29 is 8.42 Å². The minimum atomic E-state index is -2.86. The number of hydrazine groups is 1. The zero-order chi connectivity index (χ0) is 12.4. The fourth-order valence-electron chi connectivity index (χ4n) is 1.66. The molecule has 0 amide bonds. The molecular weight excluding hydrogens is 224 g/mol. The van der Waals surface area contributed by atoms with Crippen molar-refractivity contribution in [3.63, 3.8) is 0 Å². The Labute approximate surface area is 99.9 Å². The molecular formula is C11H26N2O2S. The first-order chi connectivity index (χ1) is 7.49. The minimum absolute atomic E-state index is 0.136. The first-order valence-electron chi connectivity index (χ1n) is 6.13. The van der Waals surface area contributed by atoms with Crippen LogP contribution in [0, 0.1) is 0 Å². The van der Waals surface area contributed by atoms with E-state index < -0.39 is 9.84 Å². The highest BCUT2D eigenvalue weighted by Crippen LogP contribution is 2.09. The van der Waals surface area contributed by atoms with Gasteiger partial charge in [-0.15, -0.1) is 0 Å². The van der Waals surface area contributed by atoms with Crippen LogP contribution in [0.25, 0.3) is 0 Å². The van der Waals surface area contributed by atoms with Gasteiger partial charge in [-0.1, -0.05) is 39.0 Å². The standard InChI is InChI=1S/C11H26N2O2S/c1-3-4-5-6-7-8-11(13-12)9-10-16(2,14)15/h11,13H,3-10,12H2,1-2H3. The molecule has 16 heavy (non-hydrogen) atoms. The van der Waals surface area contributed by atoms with Crippen LogP contribution in [-0.2, 0) is 9.84 Å². The smallest absolute Gasteiger partial charge is 0.147 e. The van der Waals surface area contributed by atoms with E-state index in [-0.39, 0.29) is 11.8 Å². The third-order valence-electron chi connectivity index (χ3n) is 2.73. The Morgan fingerprint density at radius 1 is 1.12 bits per heavy atom. The molecule has 5 heteroatoms. The van der Waals surface area contributed by atoms with Crippen molar-refractivity contribution in [1.82, 2.24) is 5.43 Å². The molecule has 0 aliphatic rings.